The average molecular weight is 475 g/mol. The third kappa shape index (κ3) is 3.45. The summed E-state index contributed by atoms with van der Waals surface area (Å²) in [6, 6.07) is 15.7. The molecule has 0 spiro atoms. The van der Waals surface area contributed by atoms with Gasteiger partial charge in [0.05, 0.1) is 27.5 Å². The van der Waals surface area contributed by atoms with E-state index in [0.29, 0.717) is 11.4 Å². The number of nitrogens with one attached hydrogen (secondary N) is 1. The second-order valence-electron chi connectivity index (χ2n) is 7.67. The van der Waals surface area contributed by atoms with Gasteiger partial charge in [0.2, 0.25) is 5.91 Å². The SMILES string of the molecule is O=C1CN(C(=O)COC(=O)c2ccc3c(c2Cl)C(=O)c2ccccc2C3=O)c2ccccc2N1. The molecular formula is C25H15ClN2O6. The minimum absolute atomic E-state index is 0.0761. The van der Waals surface area contributed by atoms with Gasteiger partial charge in [-0.25, -0.2) is 4.79 Å². The standard InChI is InChI=1S/C25H15ClN2O6/c26-22-16(10-9-15-21(22)24(32)14-6-2-1-5-13(14)23(15)31)25(33)34-12-20(30)28-11-19(29)27-17-7-3-4-8-18(17)28/h1-10H,11-12H2,(H,27,29). The van der Waals surface area contributed by atoms with Crippen molar-refractivity contribution in [2.75, 3.05) is 23.4 Å². The van der Waals surface area contributed by atoms with Crippen molar-refractivity contribution in [2.45, 2.75) is 0 Å². The number of para-hydroxylation sites is 2. The second-order valence-corrected chi connectivity index (χ2v) is 8.05. The van der Waals surface area contributed by atoms with Gasteiger partial charge in [-0.15, -0.1) is 0 Å². The van der Waals surface area contributed by atoms with E-state index in [9.17, 15) is 24.0 Å². The lowest BCUT2D eigenvalue weighted by Crippen LogP contribution is -2.44. The Bertz CT molecular complexity index is 1430. The Kier molecular flexibility index (Phi) is 5.22. The zero-order valence-electron chi connectivity index (χ0n) is 17.5. The molecule has 8 nitrogen and oxygen atoms in total. The van der Waals surface area contributed by atoms with Crippen molar-refractivity contribution in [1.29, 1.82) is 0 Å². The molecule has 168 valence electrons. The van der Waals surface area contributed by atoms with Crippen molar-refractivity contribution >= 4 is 52.3 Å². The highest BCUT2D eigenvalue weighted by Gasteiger charge is 2.34. The first-order valence-corrected chi connectivity index (χ1v) is 10.6. The Morgan fingerprint density at radius 3 is 2.32 bits per heavy atom. The van der Waals surface area contributed by atoms with Gasteiger partial charge in [-0.2, -0.15) is 0 Å². The Hall–Kier alpha value is -4.30. The van der Waals surface area contributed by atoms with Crippen LogP contribution < -0.4 is 10.2 Å². The van der Waals surface area contributed by atoms with Gasteiger partial charge in [-0.1, -0.05) is 48.0 Å². The quantitative estimate of drug-likeness (QED) is 0.456. The van der Waals surface area contributed by atoms with Crippen LogP contribution in [0, 0.1) is 0 Å². The summed E-state index contributed by atoms with van der Waals surface area (Å²) in [5, 5.41) is 2.45. The molecule has 1 N–H and O–H groups in total. The van der Waals surface area contributed by atoms with Crippen LogP contribution in [0.25, 0.3) is 0 Å². The zero-order valence-corrected chi connectivity index (χ0v) is 18.2. The molecule has 2 aliphatic rings. The van der Waals surface area contributed by atoms with Gasteiger partial charge in [0.25, 0.3) is 5.91 Å². The lowest BCUT2D eigenvalue weighted by molar-refractivity contribution is -0.124. The molecule has 0 bridgehead atoms. The predicted octanol–water partition coefficient (Wildman–Crippen LogP) is 3.26. The van der Waals surface area contributed by atoms with Gasteiger partial charge >= 0.3 is 5.97 Å². The maximum absolute atomic E-state index is 13.0. The summed E-state index contributed by atoms with van der Waals surface area (Å²) in [6.45, 7) is -0.868. The normalized spacial score (nSPS) is 14.0. The molecule has 0 atom stereocenters. The van der Waals surface area contributed by atoms with E-state index < -0.39 is 24.3 Å². The van der Waals surface area contributed by atoms with Crippen LogP contribution in [0.5, 0.6) is 0 Å². The number of rotatable bonds is 3. The number of esters is 1. The highest BCUT2D eigenvalue weighted by Crippen LogP contribution is 2.34. The second kappa shape index (κ2) is 8.24. The smallest absolute Gasteiger partial charge is 0.340 e. The molecule has 0 radical (unpaired) electrons. The molecule has 0 unspecified atom stereocenters. The number of nitrogens with zero attached hydrogens (tertiary/aromatic N) is 1. The fraction of sp³-hybridized carbons (Fsp3) is 0.0800. The van der Waals surface area contributed by atoms with Crippen LogP contribution in [0.1, 0.15) is 42.2 Å². The summed E-state index contributed by atoms with van der Waals surface area (Å²) >= 11 is 6.38. The number of carbonyl (C=O) groups excluding carboxylic acids is 5. The van der Waals surface area contributed by atoms with Crippen molar-refractivity contribution in [3.8, 4) is 0 Å². The van der Waals surface area contributed by atoms with Gasteiger partial charge < -0.3 is 10.1 Å². The van der Waals surface area contributed by atoms with Crippen LogP contribution in [0.2, 0.25) is 5.02 Å². The largest absolute Gasteiger partial charge is 0.452 e. The van der Waals surface area contributed by atoms with Gasteiger partial charge in [-0.3, -0.25) is 24.1 Å². The van der Waals surface area contributed by atoms with Crippen molar-refractivity contribution in [1.82, 2.24) is 0 Å². The van der Waals surface area contributed by atoms with Crippen LogP contribution >= 0.6 is 11.6 Å². The Morgan fingerprint density at radius 2 is 1.56 bits per heavy atom. The molecular weight excluding hydrogens is 460 g/mol. The number of carbonyl (C=O) groups is 5. The number of ketones is 2. The van der Waals surface area contributed by atoms with E-state index in [1.54, 1.807) is 42.5 Å². The summed E-state index contributed by atoms with van der Waals surface area (Å²) in [7, 11) is 0. The summed E-state index contributed by atoms with van der Waals surface area (Å²) in [4.78, 5) is 64.4. The number of fused-ring (bicyclic) bond motifs is 3. The number of benzene rings is 3. The molecule has 34 heavy (non-hydrogen) atoms. The number of hydrogen-bond acceptors (Lipinski definition) is 6. The van der Waals surface area contributed by atoms with E-state index in [0.717, 1.165) is 0 Å². The van der Waals surface area contributed by atoms with E-state index in [4.69, 9.17) is 16.3 Å². The van der Waals surface area contributed by atoms with E-state index in [1.165, 1.54) is 23.1 Å². The molecule has 1 aliphatic carbocycles. The molecule has 1 aliphatic heterocycles. The zero-order chi connectivity index (χ0) is 24.0. The molecule has 3 aromatic rings. The number of amides is 2. The van der Waals surface area contributed by atoms with Crippen LogP contribution in [0.15, 0.2) is 60.7 Å². The van der Waals surface area contributed by atoms with E-state index in [2.05, 4.69) is 5.32 Å². The molecule has 1 heterocycles. The van der Waals surface area contributed by atoms with Crippen LogP contribution in [-0.2, 0) is 14.3 Å². The van der Waals surface area contributed by atoms with Gasteiger partial charge in [0.15, 0.2) is 18.2 Å². The van der Waals surface area contributed by atoms with Crippen LogP contribution in [0.3, 0.4) is 0 Å². The van der Waals surface area contributed by atoms with Crippen molar-refractivity contribution in [3.63, 3.8) is 0 Å². The lowest BCUT2D eigenvalue weighted by atomic mass is 9.83. The third-order valence-electron chi connectivity index (χ3n) is 5.65. The minimum Gasteiger partial charge on any atom is -0.452 e. The molecule has 2 amide bonds. The first-order valence-electron chi connectivity index (χ1n) is 10.2. The number of anilines is 2. The van der Waals surface area contributed by atoms with Crippen LogP contribution in [-0.4, -0.2) is 42.5 Å². The summed E-state index contributed by atoms with van der Waals surface area (Å²) < 4.78 is 5.15. The molecule has 0 saturated heterocycles. The summed E-state index contributed by atoms with van der Waals surface area (Å²) in [5.41, 5.74) is 1.29. The van der Waals surface area contributed by atoms with E-state index >= 15 is 0 Å². The average Bonchev–Trinajstić information content (AvgIpc) is 2.85. The van der Waals surface area contributed by atoms with Crippen molar-refractivity contribution in [3.05, 3.63) is 93.5 Å². The number of hydrogen-bond donors (Lipinski definition) is 1. The van der Waals surface area contributed by atoms with E-state index in [-0.39, 0.29) is 51.1 Å². The molecule has 9 heteroatoms. The van der Waals surface area contributed by atoms with Crippen molar-refractivity contribution in [2.24, 2.45) is 0 Å². The molecule has 0 aromatic heterocycles. The van der Waals surface area contributed by atoms with E-state index in [1.807, 2.05) is 0 Å². The monoisotopic (exact) mass is 474 g/mol. The molecule has 3 aromatic carbocycles. The third-order valence-corrected chi connectivity index (χ3v) is 6.04. The topological polar surface area (TPSA) is 110 Å². The number of halogens is 1. The Labute approximate surface area is 198 Å². The summed E-state index contributed by atoms with van der Waals surface area (Å²) in [6.07, 6.45) is 0. The van der Waals surface area contributed by atoms with Gasteiger partial charge in [0.1, 0.15) is 6.54 Å². The Balaban J connectivity index is 1.38. The van der Waals surface area contributed by atoms with Crippen LogP contribution in [0.4, 0.5) is 11.4 Å². The number of ether oxygens (including phenoxy) is 1. The first kappa shape index (κ1) is 21.5. The first-order chi connectivity index (χ1) is 16.4. The van der Waals surface area contributed by atoms with Crippen molar-refractivity contribution < 1.29 is 28.7 Å². The fourth-order valence-corrected chi connectivity index (χ4v) is 4.37. The maximum atomic E-state index is 13.0. The highest BCUT2D eigenvalue weighted by atomic mass is 35.5. The highest BCUT2D eigenvalue weighted by molar-refractivity contribution is 6.41. The predicted molar refractivity (Wildman–Crippen MR) is 122 cm³/mol. The molecule has 5 rings (SSSR count). The minimum atomic E-state index is -0.935. The molecule has 0 saturated carbocycles. The van der Waals surface area contributed by atoms with Gasteiger partial charge in [0, 0.05) is 16.7 Å². The van der Waals surface area contributed by atoms with Gasteiger partial charge in [-0.05, 0) is 24.3 Å². The molecule has 0 fully saturated rings. The fourth-order valence-electron chi connectivity index (χ4n) is 4.04. The summed E-state index contributed by atoms with van der Waals surface area (Å²) in [5.74, 6) is -2.76. The maximum Gasteiger partial charge on any atom is 0.340 e. The Morgan fingerprint density at radius 1 is 0.882 bits per heavy atom. The lowest BCUT2D eigenvalue weighted by Gasteiger charge is -2.28.